The number of likely N-dealkylation sites (N-methyl/N-ethyl adjacent to an activating group) is 1. The van der Waals surface area contributed by atoms with Crippen LogP contribution in [0.2, 0.25) is 0 Å². The van der Waals surface area contributed by atoms with E-state index in [0.717, 1.165) is 19.5 Å². The summed E-state index contributed by atoms with van der Waals surface area (Å²) >= 11 is 0. The van der Waals surface area contributed by atoms with Gasteiger partial charge in [0.1, 0.15) is 0 Å². The summed E-state index contributed by atoms with van der Waals surface area (Å²) in [6.45, 7) is 2.24. The Hall–Kier alpha value is -1.68. The Morgan fingerprint density at radius 2 is 1.94 bits per heavy atom. The number of carbonyl (C=O) groups excluding carboxylic acids is 2. The lowest BCUT2D eigenvalue weighted by atomic mass is 10.1. The standard InChI is InChI=1S/C14H18N2O2/c1-15-8-5-9-16(11-14(15)18)10-13(17)12-6-3-2-4-7-12/h2-4,6-7H,5,8-11H2,1H3. The van der Waals surface area contributed by atoms with Crippen LogP contribution >= 0.6 is 0 Å². The fraction of sp³-hybridized carbons (Fsp3) is 0.429. The van der Waals surface area contributed by atoms with Crippen molar-refractivity contribution in [3.63, 3.8) is 0 Å². The highest BCUT2D eigenvalue weighted by atomic mass is 16.2. The quantitative estimate of drug-likeness (QED) is 0.748. The molecule has 96 valence electrons. The van der Waals surface area contributed by atoms with Crippen LogP contribution in [-0.4, -0.2) is 54.7 Å². The van der Waals surface area contributed by atoms with E-state index in [1.165, 1.54) is 0 Å². The van der Waals surface area contributed by atoms with Crippen LogP contribution in [0.4, 0.5) is 0 Å². The molecule has 0 radical (unpaired) electrons. The van der Waals surface area contributed by atoms with Crippen LogP contribution in [0.15, 0.2) is 30.3 Å². The van der Waals surface area contributed by atoms with E-state index in [-0.39, 0.29) is 11.7 Å². The van der Waals surface area contributed by atoms with Crippen molar-refractivity contribution >= 4 is 11.7 Å². The van der Waals surface area contributed by atoms with Gasteiger partial charge >= 0.3 is 0 Å². The number of benzene rings is 1. The van der Waals surface area contributed by atoms with Gasteiger partial charge in [-0.1, -0.05) is 30.3 Å². The largest absolute Gasteiger partial charge is 0.345 e. The first-order valence-corrected chi connectivity index (χ1v) is 6.21. The van der Waals surface area contributed by atoms with Gasteiger partial charge in [-0.25, -0.2) is 0 Å². The van der Waals surface area contributed by atoms with Crippen LogP contribution in [0.3, 0.4) is 0 Å². The van der Waals surface area contributed by atoms with Gasteiger partial charge in [0.05, 0.1) is 13.1 Å². The molecule has 0 unspecified atom stereocenters. The van der Waals surface area contributed by atoms with Crippen molar-refractivity contribution in [3.05, 3.63) is 35.9 Å². The van der Waals surface area contributed by atoms with Crippen LogP contribution in [-0.2, 0) is 4.79 Å². The average Bonchev–Trinajstić information content (AvgIpc) is 2.53. The van der Waals surface area contributed by atoms with Crippen LogP contribution in [0, 0.1) is 0 Å². The summed E-state index contributed by atoms with van der Waals surface area (Å²) in [7, 11) is 1.81. The fourth-order valence-electron chi connectivity index (χ4n) is 2.10. The SMILES string of the molecule is CN1CCCN(CC(=O)c2ccccc2)CC1=O. The third-order valence-corrected chi connectivity index (χ3v) is 3.22. The molecule has 0 saturated carbocycles. The number of amides is 1. The first-order chi connectivity index (χ1) is 8.66. The first-order valence-electron chi connectivity index (χ1n) is 6.21. The summed E-state index contributed by atoms with van der Waals surface area (Å²) < 4.78 is 0. The Morgan fingerprint density at radius 3 is 2.67 bits per heavy atom. The van der Waals surface area contributed by atoms with Crippen LogP contribution in [0.25, 0.3) is 0 Å². The molecule has 18 heavy (non-hydrogen) atoms. The second-order valence-corrected chi connectivity index (χ2v) is 4.67. The van der Waals surface area contributed by atoms with Gasteiger partial charge in [-0.05, 0) is 6.42 Å². The lowest BCUT2D eigenvalue weighted by Gasteiger charge is -2.18. The van der Waals surface area contributed by atoms with Gasteiger partial charge in [0, 0.05) is 25.7 Å². The molecule has 0 aliphatic carbocycles. The van der Waals surface area contributed by atoms with Crippen LogP contribution in [0.1, 0.15) is 16.8 Å². The molecule has 1 fully saturated rings. The zero-order chi connectivity index (χ0) is 13.0. The summed E-state index contributed by atoms with van der Waals surface area (Å²) in [5, 5.41) is 0. The molecule has 4 heteroatoms. The van der Waals surface area contributed by atoms with Gasteiger partial charge in [-0.15, -0.1) is 0 Å². The zero-order valence-electron chi connectivity index (χ0n) is 10.6. The fourth-order valence-corrected chi connectivity index (χ4v) is 2.10. The van der Waals surface area contributed by atoms with Gasteiger partial charge in [-0.3, -0.25) is 14.5 Å². The predicted molar refractivity (Wildman–Crippen MR) is 69.5 cm³/mol. The summed E-state index contributed by atoms with van der Waals surface area (Å²) in [6, 6.07) is 9.23. The first kappa shape index (κ1) is 12.8. The van der Waals surface area contributed by atoms with Crippen molar-refractivity contribution in [2.24, 2.45) is 0 Å². The van der Waals surface area contributed by atoms with Crippen molar-refractivity contribution in [1.82, 2.24) is 9.80 Å². The second kappa shape index (κ2) is 5.78. The Morgan fingerprint density at radius 1 is 1.22 bits per heavy atom. The molecule has 1 saturated heterocycles. The van der Waals surface area contributed by atoms with Crippen LogP contribution in [0.5, 0.6) is 0 Å². The van der Waals surface area contributed by atoms with E-state index in [4.69, 9.17) is 0 Å². The van der Waals surface area contributed by atoms with Gasteiger partial charge in [-0.2, -0.15) is 0 Å². The number of hydrogen-bond donors (Lipinski definition) is 0. The lowest BCUT2D eigenvalue weighted by Crippen LogP contribution is -2.37. The molecule has 1 aromatic carbocycles. The number of Topliss-reactive ketones (excluding diaryl/α,β-unsaturated/α-hetero) is 1. The number of nitrogens with zero attached hydrogens (tertiary/aromatic N) is 2. The third-order valence-electron chi connectivity index (χ3n) is 3.22. The van der Waals surface area contributed by atoms with Crippen LogP contribution < -0.4 is 0 Å². The van der Waals surface area contributed by atoms with E-state index in [1.807, 2.05) is 42.3 Å². The topological polar surface area (TPSA) is 40.6 Å². The van der Waals surface area contributed by atoms with Crippen molar-refractivity contribution < 1.29 is 9.59 Å². The molecule has 1 aromatic rings. The second-order valence-electron chi connectivity index (χ2n) is 4.67. The Balaban J connectivity index is 1.97. The molecule has 0 bridgehead atoms. The lowest BCUT2D eigenvalue weighted by molar-refractivity contribution is -0.129. The number of hydrogen-bond acceptors (Lipinski definition) is 3. The van der Waals surface area contributed by atoms with E-state index in [1.54, 1.807) is 4.90 Å². The molecular weight excluding hydrogens is 228 g/mol. The molecule has 0 N–H and O–H groups in total. The highest BCUT2D eigenvalue weighted by Crippen LogP contribution is 2.06. The normalized spacial score (nSPS) is 17.6. The Labute approximate surface area is 107 Å². The van der Waals surface area contributed by atoms with E-state index < -0.39 is 0 Å². The molecule has 0 spiro atoms. The monoisotopic (exact) mass is 246 g/mol. The number of carbonyl (C=O) groups is 2. The van der Waals surface area contributed by atoms with Gasteiger partial charge in [0.25, 0.3) is 0 Å². The molecule has 0 aromatic heterocycles. The Bertz CT molecular complexity index is 431. The molecule has 1 aliphatic rings. The summed E-state index contributed by atoms with van der Waals surface area (Å²) in [4.78, 5) is 27.4. The Kier molecular flexibility index (Phi) is 4.10. The highest BCUT2D eigenvalue weighted by molar-refractivity contribution is 5.97. The summed E-state index contributed by atoms with van der Waals surface area (Å²) in [5.74, 6) is 0.168. The average molecular weight is 246 g/mol. The number of ketones is 1. The highest BCUT2D eigenvalue weighted by Gasteiger charge is 2.20. The van der Waals surface area contributed by atoms with E-state index in [2.05, 4.69) is 0 Å². The minimum absolute atomic E-state index is 0.0768. The maximum absolute atomic E-state index is 12.0. The van der Waals surface area contributed by atoms with E-state index in [9.17, 15) is 9.59 Å². The van der Waals surface area contributed by atoms with Gasteiger partial charge in [0.15, 0.2) is 5.78 Å². The minimum Gasteiger partial charge on any atom is -0.345 e. The van der Waals surface area contributed by atoms with E-state index >= 15 is 0 Å². The van der Waals surface area contributed by atoms with Crippen molar-refractivity contribution in [3.8, 4) is 0 Å². The molecule has 0 atom stereocenters. The van der Waals surface area contributed by atoms with E-state index in [0.29, 0.717) is 18.7 Å². The summed E-state index contributed by atoms with van der Waals surface area (Å²) in [6.07, 6.45) is 0.921. The van der Waals surface area contributed by atoms with Gasteiger partial charge in [0.2, 0.25) is 5.91 Å². The minimum atomic E-state index is 0.0768. The maximum Gasteiger partial charge on any atom is 0.236 e. The van der Waals surface area contributed by atoms with Gasteiger partial charge < -0.3 is 4.90 Å². The van der Waals surface area contributed by atoms with Crippen molar-refractivity contribution in [2.75, 3.05) is 33.2 Å². The molecule has 1 aliphatic heterocycles. The number of rotatable bonds is 3. The zero-order valence-corrected chi connectivity index (χ0v) is 10.6. The smallest absolute Gasteiger partial charge is 0.236 e. The summed E-state index contributed by atoms with van der Waals surface area (Å²) in [5.41, 5.74) is 0.711. The predicted octanol–water partition coefficient (Wildman–Crippen LogP) is 1.03. The maximum atomic E-state index is 12.0. The molecule has 1 heterocycles. The molecular formula is C14H18N2O2. The van der Waals surface area contributed by atoms with Crippen molar-refractivity contribution in [1.29, 1.82) is 0 Å². The molecule has 1 amide bonds. The molecule has 4 nitrogen and oxygen atoms in total. The third kappa shape index (κ3) is 3.17. The molecule has 2 rings (SSSR count). The van der Waals surface area contributed by atoms with Crippen molar-refractivity contribution in [2.45, 2.75) is 6.42 Å².